The van der Waals surface area contributed by atoms with E-state index in [1.54, 1.807) is 43.5 Å². The Labute approximate surface area is 225 Å². The van der Waals surface area contributed by atoms with Gasteiger partial charge < -0.3 is 14.2 Å². The molecule has 3 aromatic carbocycles. The van der Waals surface area contributed by atoms with E-state index in [4.69, 9.17) is 14.2 Å². The second kappa shape index (κ2) is 10.3. The van der Waals surface area contributed by atoms with Gasteiger partial charge in [0.15, 0.2) is 0 Å². The molecule has 0 radical (unpaired) electrons. The predicted molar refractivity (Wildman–Crippen MR) is 141 cm³/mol. The highest BCUT2D eigenvalue weighted by molar-refractivity contribution is 6.25. The largest absolute Gasteiger partial charge is 0.497 e. The molecule has 0 aromatic heterocycles. The van der Waals surface area contributed by atoms with E-state index in [0.717, 1.165) is 10.5 Å². The number of hydrogen-bond donors (Lipinski definition) is 1. The van der Waals surface area contributed by atoms with Crippen molar-refractivity contribution in [2.75, 3.05) is 26.2 Å². The fourth-order valence-corrected chi connectivity index (χ4v) is 5.81. The summed E-state index contributed by atoms with van der Waals surface area (Å²) in [4.78, 5) is 55.6. The lowest BCUT2D eigenvalue weighted by molar-refractivity contribution is -0.152. The number of hydrogen-bond acceptors (Lipinski definition) is 8. The summed E-state index contributed by atoms with van der Waals surface area (Å²) in [6.07, 6.45) is 0.111. The van der Waals surface area contributed by atoms with Crippen molar-refractivity contribution in [1.82, 2.24) is 5.32 Å². The summed E-state index contributed by atoms with van der Waals surface area (Å²) in [5, 5.41) is 3.37. The Morgan fingerprint density at radius 2 is 1.51 bits per heavy atom. The number of nitrogens with zero attached hydrogens (tertiary/aromatic N) is 1. The molecule has 9 heteroatoms. The van der Waals surface area contributed by atoms with Gasteiger partial charge in [-0.1, -0.05) is 54.6 Å². The van der Waals surface area contributed by atoms with Crippen LogP contribution in [0.1, 0.15) is 27.5 Å². The zero-order valence-electron chi connectivity index (χ0n) is 21.7. The van der Waals surface area contributed by atoms with E-state index < -0.39 is 47.2 Å². The van der Waals surface area contributed by atoms with Crippen molar-refractivity contribution < 1.29 is 33.4 Å². The van der Waals surface area contributed by atoms with Crippen LogP contribution in [0, 0.1) is 11.8 Å². The Balaban J connectivity index is 1.68. The third-order valence-electron chi connectivity index (χ3n) is 7.55. The smallest absolute Gasteiger partial charge is 0.339 e. The number of carbonyl (C=O) groups excluding carboxylic acids is 4. The van der Waals surface area contributed by atoms with Crippen LogP contribution in [-0.2, 0) is 30.3 Å². The zero-order chi connectivity index (χ0) is 27.7. The number of amides is 2. The van der Waals surface area contributed by atoms with Gasteiger partial charge in [0.1, 0.15) is 11.3 Å². The number of methoxy groups -OCH3 is 3. The van der Waals surface area contributed by atoms with Crippen molar-refractivity contribution in [1.29, 1.82) is 0 Å². The van der Waals surface area contributed by atoms with E-state index in [2.05, 4.69) is 5.32 Å². The summed E-state index contributed by atoms with van der Waals surface area (Å²) in [7, 11) is 4.04. The van der Waals surface area contributed by atoms with Crippen LogP contribution in [-0.4, -0.2) is 50.6 Å². The molecule has 0 bridgehead atoms. The van der Waals surface area contributed by atoms with Crippen LogP contribution >= 0.6 is 0 Å². The number of fused-ring (bicyclic) bond motifs is 1. The molecule has 0 unspecified atom stereocenters. The highest BCUT2D eigenvalue weighted by atomic mass is 16.5. The van der Waals surface area contributed by atoms with E-state index in [9.17, 15) is 19.2 Å². The Kier molecular flexibility index (Phi) is 6.93. The quantitative estimate of drug-likeness (QED) is 0.368. The molecule has 200 valence electrons. The second-order valence-electron chi connectivity index (χ2n) is 9.54. The molecule has 39 heavy (non-hydrogen) atoms. The number of carbonyl (C=O) groups is 4. The van der Waals surface area contributed by atoms with Crippen molar-refractivity contribution in [2.24, 2.45) is 11.8 Å². The molecule has 5 rings (SSSR count). The predicted octanol–water partition coefficient (Wildman–Crippen LogP) is 3.09. The van der Waals surface area contributed by atoms with Gasteiger partial charge in [0.2, 0.25) is 11.8 Å². The van der Waals surface area contributed by atoms with Gasteiger partial charge >= 0.3 is 11.9 Å². The van der Waals surface area contributed by atoms with Gasteiger partial charge in [0.05, 0.1) is 44.4 Å². The highest BCUT2D eigenvalue weighted by Crippen LogP contribution is 2.51. The van der Waals surface area contributed by atoms with Crippen molar-refractivity contribution in [2.45, 2.75) is 18.0 Å². The van der Waals surface area contributed by atoms with Crippen LogP contribution < -0.4 is 15.0 Å². The Bertz CT molecular complexity index is 1420. The number of rotatable bonds is 7. The lowest BCUT2D eigenvalue weighted by Gasteiger charge is -2.33. The average molecular weight is 529 g/mol. The number of esters is 2. The van der Waals surface area contributed by atoms with Gasteiger partial charge in [0.25, 0.3) is 0 Å². The average Bonchev–Trinajstić information content (AvgIpc) is 3.45. The highest BCUT2D eigenvalue weighted by Gasteiger charge is 2.69. The number of imide groups is 1. The lowest BCUT2D eigenvalue weighted by Crippen LogP contribution is -2.58. The number of anilines is 1. The SMILES string of the molecule is COC(=O)c1ccccc1N1C(=O)[C@H]2[C@@H](C1=O)[C@](Cc1ccccc1)(C(=O)OC)N[C@H]2c1ccc(OC)cc1. The molecule has 2 aliphatic rings. The topological polar surface area (TPSA) is 111 Å². The van der Waals surface area contributed by atoms with Crippen LogP contribution in [0.2, 0.25) is 0 Å². The third-order valence-corrected chi connectivity index (χ3v) is 7.55. The first-order valence-electron chi connectivity index (χ1n) is 12.5. The fourth-order valence-electron chi connectivity index (χ4n) is 5.81. The van der Waals surface area contributed by atoms with Crippen molar-refractivity contribution >= 4 is 29.4 Å². The van der Waals surface area contributed by atoms with Gasteiger partial charge in [-0.05, 0) is 35.4 Å². The number of para-hydroxylation sites is 1. The molecule has 3 aromatic rings. The molecule has 4 atom stereocenters. The molecule has 0 spiro atoms. The van der Waals surface area contributed by atoms with Crippen molar-refractivity contribution in [3.05, 3.63) is 95.6 Å². The van der Waals surface area contributed by atoms with Gasteiger partial charge in [-0.25, -0.2) is 9.69 Å². The summed E-state index contributed by atoms with van der Waals surface area (Å²) >= 11 is 0. The van der Waals surface area contributed by atoms with Crippen LogP contribution in [0.3, 0.4) is 0 Å². The molecule has 1 N–H and O–H groups in total. The Hall–Kier alpha value is -4.50. The maximum absolute atomic E-state index is 14.2. The van der Waals surface area contributed by atoms with Gasteiger partial charge in [-0.3, -0.25) is 19.7 Å². The van der Waals surface area contributed by atoms with Crippen molar-refractivity contribution in [3.8, 4) is 5.75 Å². The normalized spacial score (nSPS) is 23.9. The number of ether oxygens (including phenoxy) is 3. The molecular weight excluding hydrogens is 500 g/mol. The molecule has 0 aliphatic carbocycles. The summed E-state index contributed by atoms with van der Waals surface area (Å²) in [5.41, 5.74) is 0.128. The molecule has 2 amide bonds. The van der Waals surface area contributed by atoms with E-state index in [-0.39, 0.29) is 17.7 Å². The first-order chi connectivity index (χ1) is 18.9. The minimum absolute atomic E-state index is 0.0716. The summed E-state index contributed by atoms with van der Waals surface area (Å²) in [5.74, 6) is -3.87. The fraction of sp³-hybridized carbons (Fsp3) is 0.267. The molecule has 9 nitrogen and oxygen atoms in total. The van der Waals surface area contributed by atoms with E-state index >= 15 is 0 Å². The number of benzene rings is 3. The van der Waals surface area contributed by atoms with Crippen LogP contribution in [0.15, 0.2) is 78.9 Å². The third kappa shape index (κ3) is 4.24. The minimum atomic E-state index is -1.55. The zero-order valence-corrected chi connectivity index (χ0v) is 21.7. The summed E-state index contributed by atoms with van der Waals surface area (Å²) in [6, 6.07) is 21.9. The van der Waals surface area contributed by atoms with Crippen LogP contribution in [0.4, 0.5) is 5.69 Å². The maximum Gasteiger partial charge on any atom is 0.339 e. The molecule has 2 heterocycles. The number of nitrogens with one attached hydrogen (secondary N) is 1. The van der Waals surface area contributed by atoms with Crippen LogP contribution in [0.25, 0.3) is 0 Å². The first-order valence-corrected chi connectivity index (χ1v) is 12.5. The van der Waals surface area contributed by atoms with Crippen molar-refractivity contribution in [3.63, 3.8) is 0 Å². The van der Waals surface area contributed by atoms with Gasteiger partial charge in [-0.2, -0.15) is 0 Å². The van der Waals surface area contributed by atoms with E-state index in [1.807, 2.05) is 30.3 Å². The second-order valence-corrected chi connectivity index (χ2v) is 9.54. The van der Waals surface area contributed by atoms with Gasteiger partial charge in [0, 0.05) is 12.5 Å². The monoisotopic (exact) mass is 528 g/mol. The summed E-state index contributed by atoms with van der Waals surface area (Å²) < 4.78 is 15.5. The molecule has 2 aliphatic heterocycles. The van der Waals surface area contributed by atoms with Gasteiger partial charge in [-0.15, -0.1) is 0 Å². The standard InChI is InChI=1S/C30H28N2O7/c1-37-20-15-13-19(14-16-20)25-23-24(30(31-25,29(36)39-3)17-18-9-5-4-6-10-18)27(34)32(26(23)33)22-12-8-7-11-21(22)28(35)38-2/h4-16,23-25,31H,17H2,1-3H3/t23-,24-,25-,30+/m0/s1. The minimum Gasteiger partial charge on any atom is -0.497 e. The lowest BCUT2D eigenvalue weighted by atomic mass is 9.76. The van der Waals surface area contributed by atoms with Crippen LogP contribution in [0.5, 0.6) is 5.75 Å². The van der Waals surface area contributed by atoms with E-state index in [1.165, 1.54) is 26.4 Å². The van der Waals surface area contributed by atoms with E-state index in [0.29, 0.717) is 11.3 Å². The molecule has 2 fully saturated rings. The first kappa shape index (κ1) is 26.1. The maximum atomic E-state index is 14.2. The Morgan fingerprint density at radius 1 is 0.846 bits per heavy atom. The molecular formula is C30H28N2O7. The molecule has 2 saturated heterocycles. The summed E-state index contributed by atoms with van der Waals surface area (Å²) in [6.45, 7) is 0. The molecule has 0 saturated carbocycles. The Morgan fingerprint density at radius 3 is 2.15 bits per heavy atom.